The minimum Gasteiger partial charge on any atom is -0.390 e. The van der Waals surface area contributed by atoms with E-state index in [9.17, 15) is 5.11 Å². The number of aromatic nitrogens is 1. The number of morpholine rings is 1. The number of para-hydroxylation sites is 1. The van der Waals surface area contributed by atoms with E-state index >= 15 is 0 Å². The van der Waals surface area contributed by atoms with Crippen molar-refractivity contribution in [2.24, 2.45) is 0 Å². The molecule has 1 N–H and O–H groups in total. The molecule has 0 amide bonds. The molecular weight excluding hydrogens is 298 g/mol. The zero-order chi connectivity index (χ0) is 15.4. The van der Waals surface area contributed by atoms with Crippen molar-refractivity contribution in [2.45, 2.75) is 12.6 Å². The molecule has 0 aliphatic carbocycles. The first kappa shape index (κ1) is 15.8. The largest absolute Gasteiger partial charge is 0.390 e. The molecule has 22 heavy (non-hydrogen) atoms. The van der Waals surface area contributed by atoms with Gasteiger partial charge in [0.1, 0.15) is 5.01 Å². The Hall–Kier alpha value is -1.05. The Morgan fingerprint density at radius 2 is 2.14 bits per heavy atom. The zero-order valence-corrected chi connectivity index (χ0v) is 13.8. The molecule has 1 fully saturated rings. The molecule has 3 rings (SSSR count). The minimum atomic E-state index is -0.336. The fourth-order valence-corrected chi connectivity index (χ4v) is 3.83. The van der Waals surface area contributed by atoms with Crippen molar-refractivity contribution in [3.63, 3.8) is 0 Å². The summed E-state index contributed by atoms with van der Waals surface area (Å²) >= 11 is 1.73. The monoisotopic (exact) mass is 321 g/mol. The van der Waals surface area contributed by atoms with Crippen LogP contribution in [0.2, 0.25) is 0 Å². The van der Waals surface area contributed by atoms with Gasteiger partial charge in [0.25, 0.3) is 0 Å². The van der Waals surface area contributed by atoms with Crippen LogP contribution in [0.25, 0.3) is 10.2 Å². The van der Waals surface area contributed by atoms with Crippen LogP contribution in [0.3, 0.4) is 0 Å². The highest BCUT2D eigenvalue weighted by Crippen LogP contribution is 2.22. The van der Waals surface area contributed by atoms with Crippen molar-refractivity contribution in [3.05, 3.63) is 29.3 Å². The van der Waals surface area contributed by atoms with E-state index in [1.165, 1.54) is 4.70 Å². The lowest BCUT2D eigenvalue weighted by atomic mass is 10.3. The first-order valence-electron chi connectivity index (χ1n) is 7.72. The van der Waals surface area contributed by atoms with Gasteiger partial charge in [-0.2, -0.15) is 0 Å². The summed E-state index contributed by atoms with van der Waals surface area (Å²) in [7, 11) is 2.04. The maximum atomic E-state index is 10.2. The first-order chi connectivity index (χ1) is 10.7. The Bertz CT molecular complexity index is 565. The van der Waals surface area contributed by atoms with Crippen molar-refractivity contribution < 1.29 is 9.84 Å². The van der Waals surface area contributed by atoms with Crippen molar-refractivity contribution >= 4 is 21.6 Å². The number of hydrogen-bond acceptors (Lipinski definition) is 6. The summed E-state index contributed by atoms with van der Waals surface area (Å²) in [5, 5.41) is 11.3. The van der Waals surface area contributed by atoms with E-state index in [2.05, 4.69) is 20.9 Å². The molecule has 5 nitrogen and oxygen atoms in total. The Morgan fingerprint density at radius 3 is 2.91 bits per heavy atom. The van der Waals surface area contributed by atoms with Gasteiger partial charge in [-0.15, -0.1) is 11.3 Å². The van der Waals surface area contributed by atoms with E-state index in [-0.39, 0.29) is 6.10 Å². The lowest BCUT2D eigenvalue weighted by Gasteiger charge is -2.29. The van der Waals surface area contributed by atoms with Crippen LogP contribution in [0.15, 0.2) is 24.3 Å². The molecule has 1 atom stereocenters. The molecule has 1 aliphatic heterocycles. The predicted octanol–water partition coefficient (Wildman–Crippen LogP) is 1.42. The van der Waals surface area contributed by atoms with Gasteiger partial charge in [-0.3, -0.25) is 9.80 Å². The van der Waals surface area contributed by atoms with Crippen LogP contribution in [0, 0.1) is 0 Å². The lowest BCUT2D eigenvalue weighted by Crippen LogP contribution is -2.43. The number of hydrogen-bond donors (Lipinski definition) is 1. The second-order valence-corrected chi connectivity index (χ2v) is 6.95. The summed E-state index contributed by atoms with van der Waals surface area (Å²) < 4.78 is 6.55. The summed E-state index contributed by atoms with van der Waals surface area (Å²) in [6.07, 6.45) is -0.336. The highest BCUT2D eigenvalue weighted by molar-refractivity contribution is 7.18. The summed E-state index contributed by atoms with van der Waals surface area (Å²) in [4.78, 5) is 9.05. The number of aliphatic hydroxyl groups is 1. The van der Waals surface area contributed by atoms with E-state index in [0.29, 0.717) is 13.1 Å². The third-order valence-corrected chi connectivity index (χ3v) is 4.86. The number of rotatable bonds is 6. The molecule has 6 heteroatoms. The highest BCUT2D eigenvalue weighted by atomic mass is 32.1. The van der Waals surface area contributed by atoms with E-state index in [4.69, 9.17) is 4.74 Å². The highest BCUT2D eigenvalue weighted by Gasteiger charge is 2.16. The van der Waals surface area contributed by atoms with Gasteiger partial charge in [-0.05, 0) is 19.2 Å². The van der Waals surface area contributed by atoms with Gasteiger partial charge >= 0.3 is 0 Å². The number of likely N-dealkylation sites (N-methyl/N-ethyl adjacent to an activating group) is 1. The molecule has 0 saturated carbocycles. The molecule has 2 aromatic rings. The van der Waals surface area contributed by atoms with E-state index < -0.39 is 0 Å². The molecule has 1 unspecified atom stereocenters. The smallest absolute Gasteiger partial charge is 0.108 e. The maximum Gasteiger partial charge on any atom is 0.108 e. The number of benzene rings is 1. The average molecular weight is 321 g/mol. The number of ether oxygens (including phenoxy) is 1. The van der Waals surface area contributed by atoms with Crippen LogP contribution in [-0.4, -0.2) is 72.4 Å². The number of fused-ring (bicyclic) bond motifs is 1. The van der Waals surface area contributed by atoms with Crippen molar-refractivity contribution in [1.29, 1.82) is 0 Å². The first-order valence-corrected chi connectivity index (χ1v) is 8.53. The topological polar surface area (TPSA) is 48.8 Å². The van der Waals surface area contributed by atoms with Crippen LogP contribution < -0.4 is 0 Å². The van der Waals surface area contributed by atoms with Gasteiger partial charge < -0.3 is 9.84 Å². The van der Waals surface area contributed by atoms with Crippen molar-refractivity contribution in [1.82, 2.24) is 14.8 Å². The molecule has 1 aromatic carbocycles. The van der Waals surface area contributed by atoms with Crippen molar-refractivity contribution in [3.8, 4) is 0 Å². The molecule has 1 aliphatic rings. The molecule has 0 spiro atoms. The summed E-state index contributed by atoms with van der Waals surface area (Å²) in [6.45, 7) is 5.53. The average Bonchev–Trinajstić information content (AvgIpc) is 2.89. The minimum absolute atomic E-state index is 0.336. The second kappa shape index (κ2) is 7.48. The fraction of sp³-hybridized carbons (Fsp3) is 0.562. The van der Waals surface area contributed by atoms with E-state index in [0.717, 1.165) is 43.4 Å². The molecular formula is C16H23N3O2S. The van der Waals surface area contributed by atoms with Crippen LogP contribution in [0.4, 0.5) is 0 Å². The van der Waals surface area contributed by atoms with Crippen molar-refractivity contribution in [2.75, 3.05) is 46.4 Å². The maximum absolute atomic E-state index is 10.2. The predicted molar refractivity (Wildman–Crippen MR) is 89.2 cm³/mol. The second-order valence-electron chi connectivity index (χ2n) is 5.84. The van der Waals surface area contributed by atoms with Crippen LogP contribution >= 0.6 is 11.3 Å². The molecule has 1 saturated heterocycles. The Kier molecular flexibility index (Phi) is 5.38. The molecule has 0 radical (unpaired) electrons. The van der Waals surface area contributed by atoms with Crippen LogP contribution in [0.1, 0.15) is 5.01 Å². The number of nitrogens with zero attached hydrogens (tertiary/aromatic N) is 3. The molecule has 2 heterocycles. The standard InChI is InChI=1S/C16H23N3O2S/c1-18(10-13(20)11-19-6-8-21-9-7-19)12-16-17-14-4-2-3-5-15(14)22-16/h2-5,13,20H,6-12H2,1H3. The van der Waals surface area contributed by atoms with Gasteiger partial charge in [0.2, 0.25) is 0 Å². The van der Waals surface area contributed by atoms with Gasteiger partial charge in [0.05, 0.1) is 36.1 Å². The van der Waals surface area contributed by atoms with Gasteiger partial charge in [-0.1, -0.05) is 12.1 Å². The van der Waals surface area contributed by atoms with Gasteiger partial charge in [-0.25, -0.2) is 4.98 Å². The molecule has 120 valence electrons. The third kappa shape index (κ3) is 4.24. The number of aliphatic hydroxyl groups excluding tert-OH is 1. The van der Waals surface area contributed by atoms with Gasteiger partial charge in [0.15, 0.2) is 0 Å². The fourth-order valence-electron chi connectivity index (χ4n) is 2.78. The Morgan fingerprint density at radius 1 is 1.36 bits per heavy atom. The van der Waals surface area contributed by atoms with Crippen LogP contribution in [-0.2, 0) is 11.3 Å². The summed E-state index contributed by atoms with van der Waals surface area (Å²) in [5.41, 5.74) is 1.06. The van der Waals surface area contributed by atoms with Crippen LogP contribution in [0.5, 0.6) is 0 Å². The third-order valence-electron chi connectivity index (χ3n) is 3.84. The normalized spacial score (nSPS) is 18.1. The number of β-amino-alcohol motifs (C(OH)–C–C–N with tert-alkyl or cyclic N) is 1. The van der Waals surface area contributed by atoms with Gasteiger partial charge in [0, 0.05) is 26.2 Å². The Balaban J connectivity index is 1.49. The lowest BCUT2D eigenvalue weighted by molar-refractivity contribution is 0.00825. The van der Waals surface area contributed by atoms with E-state index in [1.54, 1.807) is 11.3 Å². The zero-order valence-electron chi connectivity index (χ0n) is 12.9. The van der Waals surface area contributed by atoms with E-state index in [1.807, 2.05) is 25.2 Å². The molecule has 1 aromatic heterocycles. The quantitative estimate of drug-likeness (QED) is 0.872. The molecule has 0 bridgehead atoms. The summed E-state index contributed by atoms with van der Waals surface area (Å²) in [6, 6.07) is 8.20. The Labute approximate surface area is 135 Å². The SMILES string of the molecule is CN(Cc1nc2ccccc2s1)CC(O)CN1CCOCC1. The summed E-state index contributed by atoms with van der Waals surface area (Å²) in [5.74, 6) is 0. The number of thiazole rings is 1.